The van der Waals surface area contributed by atoms with Crippen molar-refractivity contribution in [1.82, 2.24) is 10.6 Å². The molecule has 1 fully saturated rings. The fourth-order valence-corrected chi connectivity index (χ4v) is 2.64. The number of aliphatic hydroxyl groups is 1. The van der Waals surface area contributed by atoms with E-state index in [2.05, 4.69) is 29.5 Å². The van der Waals surface area contributed by atoms with E-state index in [1.807, 2.05) is 13.8 Å². The van der Waals surface area contributed by atoms with Crippen LogP contribution in [0.3, 0.4) is 0 Å². The van der Waals surface area contributed by atoms with Gasteiger partial charge in [-0.25, -0.2) is 0 Å². The van der Waals surface area contributed by atoms with Crippen molar-refractivity contribution in [3.05, 3.63) is 0 Å². The van der Waals surface area contributed by atoms with Crippen molar-refractivity contribution in [3.63, 3.8) is 0 Å². The van der Waals surface area contributed by atoms with Gasteiger partial charge in [0.05, 0.1) is 12.1 Å². The lowest BCUT2D eigenvalue weighted by Gasteiger charge is -2.41. The van der Waals surface area contributed by atoms with E-state index in [0.717, 1.165) is 31.9 Å². The van der Waals surface area contributed by atoms with Gasteiger partial charge in [0.1, 0.15) is 0 Å². The molecule has 126 valence electrons. The van der Waals surface area contributed by atoms with E-state index in [1.54, 1.807) is 0 Å². The molecule has 0 aliphatic heterocycles. The van der Waals surface area contributed by atoms with Crippen LogP contribution in [0, 0.1) is 5.41 Å². The molecular formula is C16H34IN3O. The molecular weight excluding hydrogens is 377 g/mol. The monoisotopic (exact) mass is 411 g/mol. The molecule has 0 amide bonds. The van der Waals surface area contributed by atoms with Gasteiger partial charge in [0.2, 0.25) is 0 Å². The summed E-state index contributed by atoms with van der Waals surface area (Å²) in [4.78, 5) is 4.57. The van der Waals surface area contributed by atoms with E-state index in [9.17, 15) is 5.11 Å². The van der Waals surface area contributed by atoms with Gasteiger partial charge in [-0.15, -0.1) is 24.0 Å². The highest BCUT2D eigenvalue weighted by Crippen LogP contribution is 2.42. The predicted octanol–water partition coefficient (Wildman–Crippen LogP) is 3.29. The van der Waals surface area contributed by atoms with Gasteiger partial charge in [-0.3, -0.25) is 4.99 Å². The lowest BCUT2D eigenvalue weighted by Crippen LogP contribution is -2.46. The lowest BCUT2D eigenvalue weighted by molar-refractivity contribution is 0.0417. The highest BCUT2D eigenvalue weighted by molar-refractivity contribution is 14.0. The first-order valence-electron chi connectivity index (χ1n) is 8.27. The zero-order chi connectivity index (χ0) is 15.1. The molecule has 0 atom stereocenters. The Hall–Kier alpha value is -0.0400. The summed E-state index contributed by atoms with van der Waals surface area (Å²) in [5.41, 5.74) is -0.191. The summed E-state index contributed by atoms with van der Waals surface area (Å²) in [5.74, 6) is 0.840. The SMILES string of the molecule is CCNC(=NCC(O)(CC)CC)NCC1(CC)CCC1.I. The van der Waals surface area contributed by atoms with Gasteiger partial charge in [-0.2, -0.15) is 0 Å². The quantitative estimate of drug-likeness (QED) is 0.326. The number of aliphatic imine (C=N–C) groups is 1. The highest BCUT2D eigenvalue weighted by atomic mass is 127. The average molecular weight is 411 g/mol. The number of nitrogens with one attached hydrogen (secondary N) is 2. The molecule has 4 nitrogen and oxygen atoms in total. The molecule has 0 spiro atoms. The smallest absolute Gasteiger partial charge is 0.191 e. The van der Waals surface area contributed by atoms with Crippen LogP contribution in [0.25, 0.3) is 0 Å². The Morgan fingerprint density at radius 2 is 1.76 bits per heavy atom. The van der Waals surface area contributed by atoms with Gasteiger partial charge in [0, 0.05) is 13.1 Å². The van der Waals surface area contributed by atoms with Gasteiger partial charge >= 0.3 is 0 Å². The Morgan fingerprint density at radius 3 is 2.14 bits per heavy atom. The van der Waals surface area contributed by atoms with E-state index < -0.39 is 5.60 Å². The maximum absolute atomic E-state index is 10.3. The normalized spacial score (nSPS) is 17.7. The molecule has 0 saturated heterocycles. The first-order chi connectivity index (χ1) is 9.53. The number of rotatable bonds is 8. The van der Waals surface area contributed by atoms with Crippen molar-refractivity contribution in [1.29, 1.82) is 0 Å². The highest BCUT2D eigenvalue weighted by Gasteiger charge is 2.35. The van der Waals surface area contributed by atoms with E-state index in [-0.39, 0.29) is 24.0 Å². The average Bonchev–Trinajstić information content (AvgIpc) is 2.43. The van der Waals surface area contributed by atoms with Crippen LogP contribution < -0.4 is 10.6 Å². The fraction of sp³-hybridized carbons (Fsp3) is 0.938. The summed E-state index contributed by atoms with van der Waals surface area (Å²) >= 11 is 0. The molecule has 0 heterocycles. The van der Waals surface area contributed by atoms with Gasteiger partial charge in [0.15, 0.2) is 5.96 Å². The predicted molar refractivity (Wildman–Crippen MR) is 102 cm³/mol. The standard InChI is InChI=1S/C16H33N3O.HI/c1-5-15(10-9-11-15)12-18-14(17-8-4)19-13-16(20,6-2)7-3;/h20H,5-13H2,1-4H3,(H2,17,18,19);1H. The minimum atomic E-state index is -0.665. The summed E-state index contributed by atoms with van der Waals surface area (Å²) in [6.45, 7) is 10.7. The van der Waals surface area contributed by atoms with Crippen molar-refractivity contribution >= 4 is 29.9 Å². The molecule has 0 bridgehead atoms. The van der Waals surface area contributed by atoms with Crippen LogP contribution in [-0.4, -0.2) is 36.3 Å². The molecule has 1 aliphatic carbocycles. The maximum Gasteiger partial charge on any atom is 0.191 e. The molecule has 1 saturated carbocycles. The number of nitrogens with zero attached hydrogens (tertiary/aromatic N) is 1. The number of halogens is 1. The molecule has 3 N–H and O–H groups in total. The Morgan fingerprint density at radius 1 is 1.14 bits per heavy atom. The first kappa shape index (κ1) is 21.0. The topological polar surface area (TPSA) is 56.7 Å². The van der Waals surface area contributed by atoms with Crippen LogP contribution in [0.4, 0.5) is 0 Å². The molecule has 1 aliphatic rings. The molecule has 1 rings (SSSR count). The second kappa shape index (κ2) is 9.87. The van der Waals surface area contributed by atoms with Crippen LogP contribution in [-0.2, 0) is 0 Å². The summed E-state index contributed by atoms with van der Waals surface area (Å²) in [5, 5.41) is 17.1. The molecule has 0 aromatic rings. The van der Waals surface area contributed by atoms with Crippen LogP contribution in [0.2, 0.25) is 0 Å². The van der Waals surface area contributed by atoms with Crippen molar-refractivity contribution in [2.45, 2.75) is 71.8 Å². The number of hydrogen-bond acceptors (Lipinski definition) is 2. The third-order valence-electron chi connectivity index (χ3n) is 4.99. The van der Waals surface area contributed by atoms with Crippen LogP contribution in [0.1, 0.15) is 66.2 Å². The van der Waals surface area contributed by atoms with Gasteiger partial charge < -0.3 is 15.7 Å². The molecule has 0 unspecified atom stereocenters. The third-order valence-corrected chi connectivity index (χ3v) is 4.99. The second-order valence-corrected chi connectivity index (χ2v) is 6.19. The second-order valence-electron chi connectivity index (χ2n) is 6.19. The summed E-state index contributed by atoms with van der Waals surface area (Å²) in [6.07, 6.45) is 6.71. The molecule has 21 heavy (non-hydrogen) atoms. The van der Waals surface area contributed by atoms with Gasteiger partial charge in [-0.05, 0) is 44.4 Å². The molecule has 0 aromatic carbocycles. The summed E-state index contributed by atoms with van der Waals surface area (Å²) in [6, 6.07) is 0. The van der Waals surface area contributed by atoms with Crippen LogP contribution in [0.15, 0.2) is 4.99 Å². The minimum absolute atomic E-state index is 0. The van der Waals surface area contributed by atoms with Crippen molar-refractivity contribution in [2.24, 2.45) is 10.4 Å². The van der Waals surface area contributed by atoms with E-state index >= 15 is 0 Å². The number of hydrogen-bond donors (Lipinski definition) is 3. The minimum Gasteiger partial charge on any atom is -0.388 e. The largest absolute Gasteiger partial charge is 0.388 e. The zero-order valence-corrected chi connectivity index (χ0v) is 16.5. The van der Waals surface area contributed by atoms with Gasteiger partial charge in [0.25, 0.3) is 0 Å². The van der Waals surface area contributed by atoms with Crippen LogP contribution >= 0.6 is 24.0 Å². The molecule has 0 radical (unpaired) electrons. The van der Waals surface area contributed by atoms with Crippen molar-refractivity contribution in [2.75, 3.05) is 19.6 Å². The Labute approximate surface area is 147 Å². The van der Waals surface area contributed by atoms with Crippen molar-refractivity contribution in [3.8, 4) is 0 Å². The zero-order valence-electron chi connectivity index (χ0n) is 14.2. The van der Waals surface area contributed by atoms with Crippen molar-refractivity contribution < 1.29 is 5.11 Å². The number of guanidine groups is 1. The van der Waals surface area contributed by atoms with E-state index in [1.165, 1.54) is 25.7 Å². The lowest BCUT2D eigenvalue weighted by atomic mass is 9.67. The first-order valence-corrected chi connectivity index (χ1v) is 8.27. The summed E-state index contributed by atoms with van der Waals surface area (Å²) < 4.78 is 0. The van der Waals surface area contributed by atoms with E-state index in [0.29, 0.717) is 12.0 Å². The summed E-state index contributed by atoms with van der Waals surface area (Å²) in [7, 11) is 0. The Balaban J connectivity index is 0.00000400. The van der Waals surface area contributed by atoms with Gasteiger partial charge in [-0.1, -0.05) is 27.2 Å². The third kappa shape index (κ3) is 6.30. The maximum atomic E-state index is 10.3. The molecule has 0 aromatic heterocycles. The fourth-order valence-electron chi connectivity index (χ4n) is 2.64. The molecule has 5 heteroatoms. The Kier molecular flexibility index (Phi) is 9.85. The Bertz CT molecular complexity index is 307. The van der Waals surface area contributed by atoms with E-state index in [4.69, 9.17) is 0 Å². The van der Waals surface area contributed by atoms with Crippen LogP contribution in [0.5, 0.6) is 0 Å².